The smallest absolute Gasteiger partial charge is 0.241 e. The van der Waals surface area contributed by atoms with E-state index in [1.54, 1.807) is 29.4 Å². The van der Waals surface area contributed by atoms with Crippen molar-refractivity contribution in [2.24, 2.45) is 11.7 Å². The number of nitrogens with zero attached hydrogens (tertiary/aromatic N) is 3. The molecule has 22 heavy (non-hydrogen) atoms. The number of carbonyl (C=O) groups is 1. The first-order valence-electron chi connectivity index (χ1n) is 7.32. The molecule has 3 heterocycles. The number of hydrogen-bond donors (Lipinski definition) is 2. The Labute approximate surface area is 128 Å². The van der Waals surface area contributed by atoms with Crippen molar-refractivity contribution in [3.63, 3.8) is 0 Å². The lowest BCUT2D eigenvalue weighted by Crippen LogP contribution is -2.44. The van der Waals surface area contributed by atoms with Crippen LogP contribution in [-0.4, -0.2) is 39.7 Å². The van der Waals surface area contributed by atoms with Crippen molar-refractivity contribution < 1.29 is 9.53 Å². The molecule has 116 valence electrons. The van der Waals surface area contributed by atoms with Crippen molar-refractivity contribution in [2.75, 3.05) is 18.5 Å². The van der Waals surface area contributed by atoms with E-state index < -0.39 is 6.04 Å². The van der Waals surface area contributed by atoms with Gasteiger partial charge in [-0.2, -0.15) is 0 Å². The zero-order valence-corrected chi connectivity index (χ0v) is 12.2. The quantitative estimate of drug-likeness (QED) is 0.877. The van der Waals surface area contributed by atoms with E-state index in [0.717, 1.165) is 18.7 Å². The van der Waals surface area contributed by atoms with E-state index in [0.29, 0.717) is 18.9 Å². The lowest BCUT2D eigenvalue weighted by Gasteiger charge is -2.26. The number of nitrogens with two attached hydrogens (primary N) is 1. The van der Waals surface area contributed by atoms with Crippen LogP contribution in [0.1, 0.15) is 12.8 Å². The SMILES string of the molecule is NC(C(=O)Nc1ccc(-n2ccnc2)nc1)C1CCOCC1. The van der Waals surface area contributed by atoms with Crippen LogP contribution in [-0.2, 0) is 9.53 Å². The van der Waals surface area contributed by atoms with Gasteiger partial charge in [0.2, 0.25) is 5.91 Å². The Morgan fingerprint density at radius 1 is 1.41 bits per heavy atom. The summed E-state index contributed by atoms with van der Waals surface area (Å²) in [5.74, 6) is 0.736. The summed E-state index contributed by atoms with van der Waals surface area (Å²) in [6, 6.07) is 3.10. The van der Waals surface area contributed by atoms with Crippen molar-refractivity contribution in [2.45, 2.75) is 18.9 Å². The van der Waals surface area contributed by atoms with Crippen LogP contribution in [0, 0.1) is 5.92 Å². The first-order valence-corrected chi connectivity index (χ1v) is 7.32. The second-order valence-electron chi connectivity index (χ2n) is 5.34. The number of ether oxygens (including phenoxy) is 1. The predicted octanol–water partition coefficient (Wildman–Crippen LogP) is 0.960. The summed E-state index contributed by atoms with van der Waals surface area (Å²) < 4.78 is 7.08. The zero-order chi connectivity index (χ0) is 15.4. The highest BCUT2D eigenvalue weighted by molar-refractivity contribution is 5.94. The van der Waals surface area contributed by atoms with Gasteiger partial charge in [0.1, 0.15) is 12.1 Å². The molecule has 0 aliphatic carbocycles. The summed E-state index contributed by atoms with van der Waals surface area (Å²) in [6.45, 7) is 1.35. The molecule has 0 saturated carbocycles. The lowest BCUT2D eigenvalue weighted by atomic mass is 9.92. The molecule has 1 aliphatic rings. The Morgan fingerprint density at radius 2 is 2.23 bits per heavy atom. The molecular weight excluding hydrogens is 282 g/mol. The molecule has 7 heteroatoms. The van der Waals surface area contributed by atoms with Crippen LogP contribution in [0.4, 0.5) is 5.69 Å². The van der Waals surface area contributed by atoms with Gasteiger partial charge in [0.15, 0.2) is 0 Å². The number of aromatic nitrogens is 3. The molecule has 7 nitrogen and oxygen atoms in total. The van der Waals surface area contributed by atoms with Crippen LogP contribution in [0.25, 0.3) is 5.82 Å². The number of hydrogen-bond acceptors (Lipinski definition) is 5. The average molecular weight is 301 g/mol. The fraction of sp³-hybridized carbons (Fsp3) is 0.400. The minimum Gasteiger partial charge on any atom is -0.381 e. The van der Waals surface area contributed by atoms with Crippen molar-refractivity contribution in [3.8, 4) is 5.82 Å². The van der Waals surface area contributed by atoms with E-state index in [2.05, 4.69) is 15.3 Å². The number of nitrogens with one attached hydrogen (secondary N) is 1. The third-order valence-corrected chi connectivity index (χ3v) is 3.86. The molecule has 1 saturated heterocycles. The molecular formula is C15H19N5O2. The topological polar surface area (TPSA) is 95.1 Å². The van der Waals surface area contributed by atoms with Gasteiger partial charge in [0, 0.05) is 25.6 Å². The van der Waals surface area contributed by atoms with E-state index in [9.17, 15) is 4.79 Å². The monoisotopic (exact) mass is 301 g/mol. The molecule has 1 atom stereocenters. The Kier molecular flexibility index (Phi) is 4.45. The number of anilines is 1. The molecule has 0 radical (unpaired) electrons. The van der Waals surface area contributed by atoms with Crippen molar-refractivity contribution in [1.29, 1.82) is 0 Å². The summed E-state index contributed by atoms with van der Waals surface area (Å²) in [4.78, 5) is 20.5. The normalized spacial score (nSPS) is 17.1. The van der Waals surface area contributed by atoms with E-state index in [4.69, 9.17) is 10.5 Å². The van der Waals surface area contributed by atoms with Crippen molar-refractivity contribution in [3.05, 3.63) is 37.1 Å². The third kappa shape index (κ3) is 3.32. The van der Waals surface area contributed by atoms with E-state index in [-0.39, 0.29) is 11.8 Å². The third-order valence-electron chi connectivity index (χ3n) is 3.86. The number of rotatable bonds is 4. The van der Waals surface area contributed by atoms with Crippen molar-refractivity contribution >= 4 is 11.6 Å². The van der Waals surface area contributed by atoms with Crippen LogP contribution in [0.2, 0.25) is 0 Å². The summed E-state index contributed by atoms with van der Waals surface area (Å²) in [6.07, 6.45) is 8.43. The molecule has 1 amide bonds. The van der Waals surface area contributed by atoms with Crippen LogP contribution in [0.3, 0.4) is 0 Å². The zero-order valence-electron chi connectivity index (χ0n) is 12.2. The number of amides is 1. The average Bonchev–Trinajstić information content (AvgIpc) is 3.10. The minimum absolute atomic E-state index is 0.173. The fourth-order valence-electron chi connectivity index (χ4n) is 2.52. The fourth-order valence-corrected chi connectivity index (χ4v) is 2.52. The molecule has 1 unspecified atom stereocenters. The Balaban J connectivity index is 1.61. The van der Waals surface area contributed by atoms with Gasteiger partial charge in [-0.3, -0.25) is 9.36 Å². The van der Waals surface area contributed by atoms with E-state index in [1.807, 2.05) is 12.3 Å². The number of carbonyl (C=O) groups excluding carboxylic acids is 1. The van der Waals surface area contributed by atoms with Gasteiger partial charge in [0.05, 0.1) is 17.9 Å². The van der Waals surface area contributed by atoms with Crippen molar-refractivity contribution in [1.82, 2.24) is 14.5 Å². The maximum atomic E-state index is 12.2. The highest BCUT2D eigenvalue weighted by Gasteiger charge is 2.26. The van der Waals surface area contributed by atoms with Gasteiger partial charge in [-0.15, -0.1) is 0 Å². The van der Waals surface area contributed by atoms with Crippen LogP contribution in [0.5, 0.6) is 0 Å². The molecule has 1 aliphatic heterocycles. The number of imidazole rings is 1. The standard InChI is InChI=1S/C15H19N5O2/c16-14(11-3-7-22-8-4-11)15(21)19-12-1-2-13(18-9-12)20-6-5-17-10-20/h1-2,5-6,9-11,14H,3-4,7-8,16H2,(H,19,21). The first kappa shape index (κ1) is 14.7. The Hall–Kier alpha value is -2.25. The first-order chi connectivity index (χ1) is 10.7. The summed E-state index contributed by atoms with van der Waals surface area (Å²) in [5.41, 5.74) is 6.68. The highest BCUT2D eigenvalue weighted by atomic mass is 16.5. The summed E-state index contributed by atoms with van der Waals surface area (Å²) >= 11 is 0. The van der Waals surface area contributed by atoms with Crippen LogP contribution < -0.4 is 11.1 Å². The maximum absolute atomic E-state index is 12.2. The largest absolute Gasteiger partial charge is 0.381 e. The van der Waals surface area contributed by atoms with Crippen LogP contribution >= 0.6 is 0 Å². The Morgan fingerprint density at radius 3 is 2.86 bits per heavy atom. The molecule has 1 fully saturated rings. The molecule has 3 N–H and O–H groups in total. The molecule has 2 aromatic rings. The summed E-state index contributed by atoms with van der Waals surface area (Å²) in [7, 11) is 0. The molecule has 0 bridgehead atoms. The van der Waals surface area contributed by atoms with E-state index in [1.165, 1.54) is 0 Å². The minimum atomic E-state index is -0.516. The van der Waals surface area contributed by atoms with Gasteiger partial charge < -0.3 is 15.8 Å². The molecule has 3 rings (SSSR count). The second-order valence-corrected chi connectivity index (χ2v) is 5.34. The summed E-state index contributed by atoms with van der Waals surface area (Å²) in [5, 5.41) is 2.82. The van der Waals surface area contributed by atoms with Gasteiger partial charge in [-0.05, 0) is 30.9 Å². The van der Waals surface area contributed by atoms with Gasteiger partial charge in [-0.25, -0.2) is 9.97 Å². The van der Waals surface area contributed by atoms with Gasteiger partial charge in [-0.1, -0.05) is 0 Å². The molecule has 2 aromatic heterocycles. The predicted molar refractivity (Wildman–Crippen MR) is 81.5 cm³/mol. The van der Waals surface area contributed by atoms with Crippen LogP contribution in [0.15, 0.2) is 37.1 Å². The Bertz CT molecular complexity index is 605. The molecule has 0 spiro atoms. The lowest BCUT2D eigenvalue weighted by molar-refractivity contribution is -0.119. The number of pyridine rings is 1. The van der Waals surface area contributed by atoms with Gasteiger partial charge >= 0.3 is 0 Å². The highest BCUT2D eigenvalue weighted by Crippen LogP contribution is 2.19. The maximum Gasteiger partial charge on any atom is 0.241 e. The molecule has 0 aromatic carbocycles. The second kappa shape index (κ2) is 6.67. The van der Waals surface area contributed by atoms with E-state index >= 15 is 0 Å². The van der Waals surface area contributed by atoms with Gasteiger partial charge in [0.25, 0.3) is 0 Å².